The lowest BCUT2D eigenvalue weighted by Gasteiger charge is -2.12. The van der Waals surface area contributed by atoms with Gasteiger partial charge in [-0.1, -0.05) is 66.2 Å². The molecule has 2 aromatic carbocycles. The molecule has 0 aliphatic carbocycles. The Hall–Kier alpha value is -2.63. The second-order valence-corrected chi connectivity index (χ2v) is 8.39. The van der Waals surface area contributed by atoms with Crippen LogP contribution in [0.4, 0.5) is 0 Å². The van der Waals surface area contributed by atoms with Crippen molar-refractivity contribution in [1.29, 1.82) is 0 Å². The first-order valence-electron chi connectivity index (χ1n) is 10.6. The highest BCUT2D eigenvalue weighted by molar-refractivity contribution is 6.33. The molecule has 0 saturated carbocycles. The van der Waals surface area contributed by atoms with Gasteiger partial charge in [0.1, 0.15) is 11.7 Å². The summed E-state index contributed by atoms with van der Waals surface area (Å²) >= 11 is 6.50. The summed E-state index contributed by atoms with van der Waals surface area (Å²) < 4.78 is 1.68. The smallest absolute Gasteiger partial charge is 0.256 e. The van der Waals surface area contributed by atoms with E-state index in [0.717, 1.165) is 17.7 Å². The standard InChI is InChI=1S/C24H27ClN4O/c1-18-22(23(25)29(27-18)17-20-7-3-2-4-8-20)24(30)26-15-19-9-11-21(12-10-19)16-28-13-5-6-14-28/h2-4,7-12H,5-6,13-17H2,1H3,(H,26,30)/p+1. The van der Waals surface area contributed by atoms with Gasteiger partial charge in [-0.25, -0.2) is 4.68 Å². The number of aromatic nitrogens is 2. The van der Waals surface area contributed by atoms with Gasteiger partial charge < -0.3 is 10.2 Å². The van der Waals surface area contributed by atoms with Gasteiger partial charge in [0.25, 0.3) is 5.91 Å². The van der Waals surface area contributed by atoms with Crippen molar-refractivity contribution in [2.45, 2.75) is 39.4 Å². The second kappa shape index (κ2) is 9.45. The lowest BCUT2D eigenvalue weighted by Crippen LogP contribution is -3.08. The SMILES string of the molecule is Cc1nn(Cc2ccccc2)c(Cl)c1C(=O)NCc1ccc(C[NH+]2CCCC2)cc1. The highest BCUT2D eigenvalue weighted by atomic mass is 35.5. The molecule has 156 valence electrons. The van der Waals surface area contributed by atoms with Crippen LogP contribution in [0.1, 0.15) is 45.6 Å². The molecule has 0 spiro atoms. The number of nitrogens with zero attached hydrogens (tertiary/aromatic N) is 2. The molecule has 5 nitrogen and oxygen atoms in total. The maximum atomic E-state index is 12.8. The Morgan fingerprint density at radius 1 is 1.03 bits per heavy atom. The van der Waals surface area contributed by atoms with Gasteiger partial charge in [-0.05, 0) is 18.1 Å². The maximum absolute atomic E-state index is 12.8. The third-order valence-electron chi connectivity index (χ3n) is 5.71. The highest BCUT2D eigenvalue weighted by Crippen LogP contribution is 2.21. The number of carbonyl (C=O) groups is 1. The number of aryl methyl sites for hydroxylation is 1. The summed E-state index contributed by atoms with van der Waals surface area (Å²) in [6, 6.07) is 18.5. The number of quaternary nitrogens is 1. The molecule has 0 radical (unpaired) electrons. The number of carbonyl (C=O) groups excluding carboxylic acids is 1. The lowest BCUT2D eigenvalue weighted by atomic mass is 10.1. The van der Waals surface area contributed by atoms with Crippen LogP contribution in [0.3, 0.4) is 0 Å². The van der Waals surface area contributed by atoms with Crippen LogP contribution in [-0.2, 0) is 19.6 Å². The summed E-state index contributed by atoms with van der Waals surface area (Å²) in [5, 5.41) is 7.82. The lowest BCUT2D eigenvalue weighted by molar-refractivity contribution is -0.901. The molecule has 0 unspecified atom stereocenters. The highest BCUT2D eigenvalue weighted by Gasteiger charge is 2.20. The van der Waals surface area contributed by atoms with Crippen LogP contribution in [-0.4, -0.2) is 28.8 Å². The predicted octanol–water partition coefficient (Wildman–Crippen LogP) is 3.00. The molecule has 3 aromatic rings. The number of halogens is 1. The molecule has 1 aliphatic heterocycles. The van der Waals surface area contributed by atoms with Gasteiger partial charge in [0.15, 0.2) is 0 Å². The number of hydrogen-bond donors (Lipinski definition) is 2. The van der Waals surface area contributed by atoms with E-state index in [9.17, 15) is 4.79 Å². The van der Waals surface area contributed by atoms with Crippen molar-refractivity contribution in [2.24, 2.45) is 0 Å². The normalized spacial score (nSPS) is 14.2. The van der Waals surface area contributed by atoms with E-state index in [-0.39, 0.29) is 5.91 Å². The summed E-state index contributed by atoms with van der Waals surface area (Å²) in [7, 11) is 0. The average Bonchev–Trinajstić information content (AvgIpc) is 3.36. The van der Waals surface area contributed by atoms with Gasteiger partial charge >= 0.3 is 0 Å². The fourth-order valence-electron chi connectivity index (χ4n) is 4.06. The molecule has 1 aromatic heterocycles. The van der Waals surface area contributed by atoms with E-state index in [0.29, 0.717) is 29.5 Å². The van der Waals surface area contributed by atoms with Crippen LogP contribution in [0.25, 0.3) is 0 Å². The summed E-state index contributed by atoms with van der Waals surface area (Å²) in [6.45, 7) is 6.45. The van der Waals surface area contributed by atoms with Crippen molar-refractivity contribution in [3.05, 3.63) is 87.7 Å². The minimum Gasteiger partial charge on any atom is -0.348 e. The molecule has 0 atom stereocenters. The van der Waals surface area contributed by atoms with Crippen molar-refractivity contribution in [1.82, 2.24) is 15.1 Å². The summed E-state index contributed by atoms with van der Waals surface area (Å²) in [5.74, 6) is -0.192. The Morgan fingerprint density at radius 3 is 2.40 bits per heavy atom. The molecule has 2 heterocycles. The van der Waals surface area contributed by atoms with Crippen LogP contribution in [0.5, 0.6) is 0 Å². The van der Waals surface area contributed by atoms with Crippen LogP contribution in [0.2, 0.25) is 5.15 Å². The zero-order chi connectivity index (χ0) is 20.9. The maximum Gasteiger partial charge on any atom is 0.256 e. The first kappa shape index (κ1) is 20.6. The van der Waals surface area contributed by atoms with E-state index < -0.39 is 0 Å². The van der Waals surface area contributed by atoms with E-state index in [4.69, 9.17) is 11.6 Å². The van der Waals surface area contributed by atoms with E-state index in [1.165, 1.54) is 31.5 Å². The number of likely N-dealkylation sites (tertiary alicyclic amines) is 1. The van der Waals surface area contributed by atoms with Crippen LogP contribution in [0, 0.1) is 6.92 Å². The van der Waals surface area contributed by atoms with Gasteiger partial charge in [-0.2, -0.15) is 5.10 Å². The molecule has 1 fully saturated rings. The number of rotatable bonds is 7. The zero-order valence-corrected chi connectivity index (χ0v) is 18.1. The zero-order valence-electron chi connectivity index (χ0n) is 17.3. The van der Waals surface area contributed by atoms with Gasteiger partial charge in [0, 0.05) is 24.9 Å². The van der Waals surface area contributed by atoms with Crippen molar-refractivity contribution in [3.8, 4) is 0 Å². The molecular weight excluding hydrogens is 396 g/mol. The molecule has 0 bridgehead atoms. The van der Waals surface area contributed by atoms with Crippen molar-refractivity contribution < 1.29 is 9.69 Å². The second-order valence-electron chi connectivity index (χ2n) is 8.03. The average molecular weight is 424 g/mol. The van der Waals surface area contributed by atoms with Crippen molar-refractivity contribution in [2.75, 3.05) is 13.1 Å². The number of hydrogen-bond acceptors (Lipinski definition) is 2. The Labute approximate surface area is 182 Å². The molecule has 1 amide bonds. The third kappa shape index (κ3) is 4.91. The van der Waals surface area contributed by atoms with Gasteiger partial charge in [-0.15, -0.1) is 0 Å². The molecule has 6 heteroatoms. The van der Waals surface area contributed by atoms with Crippen LogP contribution in [0.15, 0.2) is 54.6 Å². The quantitative estimate of drug-likeness (QED) is 0.613. The molecule has 1 saturated heterocycles. The fourth-order valence-corrected chi connectivity index (χ4v) is 4.38. The Balaban J connectivity index is 1.37. The fraction of sp³-hybridized carbons (Fsp3) is 0.333. The first-order chi connectivity index (χ1) is 14.6. The van der Waals surface area contributed by atoms with E-state index in [2.05, 4.69) is 34.7 Å². The van der Waals surface area contributed by atoms with Crippen LogP contribution >= 0.6 is 11.6 Å². The summed E-state index contributed by atoms with van der Waals surface area (Å²) in [4.78, 5) is 14.4. The third-order valence-corrected chi connectivity index (χ3v) is 6.09. The molecule has 1 aliphatic rings. The van der Waals surface area contributed by atoms with Crippen molar-refractivity contribution in [3.63, 3.8) is 0 Å². The summed E-state index contributed by atoms with van der Waals surface area (Å²) in [6.07, 6.45) is 2.67. The van der Waals surface area contributed by atoms with Gasteiger partial charge in [0.2, 0.25) is 0 Å². The van der Waals surface area contributed by atoms with E-state index in [1.54, 1.807) is 9.58 Å². The molecule has 30 heavy (non-hydrogen) atoms. The Kier molecular flexibility index (Phi) is 6.50. The predicted molar refractivity (Wildman–Crippen MR) is 119 cm³/mol. The number of nitrogens with one attached hydrogen (secondary N) is 2. The minimum atomic E-state index is -0.192. The molecule has 2 N–H and O–H groups in total. The van der Waals surface area contributed by atoms with Gasteiger partial charge in [0.05, 0.1) is 30.9 Å². The van der Waals surface area contributed by atoms with Crippen molar-refractivity contribution >= 4 is 17.5 Å². The molecular formula is C24H28ClN4O+. The Bertz CT molecular complexity index is 992. The van der Waals surface area contributed by atoms with Gasteiger partial charge in [-0.3, -0.25) is 4.79 Å². The topological polar surface area (TPSA) is 51.4 Å². The summed E-state index contributed by atoms with van der Waals surface area (Å²) in [5.41, 5.74) is 4.60. The largest absolute Gasteiger partial charge is 0.348 e. The number of benzene rings is 2. The molecule has 4 rings (SSSR count). The number of amides is 1. The van der Waals surface area contributed by atoms with E-state index >= 15 is 0 Å². The van der Waals surface area contributed by atoms with E-state index in [1.807, 2.05) is 37.3 Å². The first-order valence-corrected chi connectivity index (χ1v) is 10.9. The van der Waals surface area contributed by atoms with Crippen LogP contribution < -0.4 is 10.2 Å². The Morgan fingerprint density at radius 2 is 1.70 bits per heavy atom. The monoisotopic (exact) mass is 423 g/mol. The minimum absolute atomic E-state index is 0.192.